The third-order valence-electron chi connectivity index (χ3n) is 4.43. The van der Waals surface area contributed by atoms with Crippen LogP contribution in [0.25, 0.3) is 22.0 Å². The largest absolute Gasteiger partial charge is 0.496 e. The molecule has 3 rings (SSSR count). The van der Waals surface area contributed by atoms with Gasteiger partial charge in [0.1, 0.15) is 11.6 Å². The molecule has 1 N–H and O–H groups in total. The number of fused-ring (bicyclic) bond motifs is 1. The van der Waals surface area contributed by atoms with Gasteiger partial charge in [-0.05, 0) is 42.3 Å². The van der Waals surface area contributed by atoms with E-state index < -0.39 is 5.97 Å². The van der Waals surface area contributed by atoms with Gasteiger partial charge in [-0.15, -0.1) is 0 Å². The summed E-state index contributed by atoms with van der Waals surface area (Å²) in [4.78, 5) is 11.2. The molecule has 0 aliphatic carbocycles. The quantitative estimate of drug-likeness (QED) is 0.790. The second kappa shape index (κ2) is 6.00. The maximum atomic E-state index is 13.2. The number of carboxylic acids is 1. The van der Waals surface area contributed by atoms with E-state index in [0.717, 1.165) is 33.3 Å². The van der Waals surface area contributed by atoms with Crippen LogP contribution in [-0.2, 0) is 18.3 Å². The van der Waals surface area contributed by atoms with Gasteiger partial charge in [0.05, 0.1) is 13.5 Å². The molecular weight excluding hydrogens is 309 g/mol. The zero-order valence-corrected chi connectivity index (χ0v) is 13.8. The molecule has 0 bridgehead atoms. The van der Waals surface area contributed by atoms with Crippen molar-refractivity contribution in [2.24, 2.45) is 7.05 Å². The summed E-state index contributed by atoms with van der Waals surface area (Å²) in [5.74, 6) is -0.532. The Bertz CT molecular complexity index is 926. The fraction of sp³-hybridized carbons (Fsp3) is 0.211. The first-order chi connectivity index (χ1) is 11.4. The van der Waals surface area contributed by atoms with Crippen LogP contribution in [0, 0.1) is 12.7 Å². The fourth-order valence-corrected chi connectivity index (χ4v) is 3.06. The van der Waals surface area contributed by atoms with Gasteiger partial charge in [0.2, 0.25) is 0 Å². The molecule has 24 heavy (non-hydrogen) atoms. The van der Waals surface area contributed by atoms with Crippen LogP contribution in [0.4, 0.5) is 4.39 Å². The van der Waals surface area contributed by atoms with E-state index in [4.69, 9.17) is 9.84 Å². The minimum absolute atomic E-state index is 0.0395. The summed E-state index contributed by atoms with van der Waals surface area (Å²) in [7, 11) is 3.48. The molecule has 124 valence electrons. The van der Waals surface area contributed by atoms with E-state index in [0.29, 0.717) is 5.75 Å². The number of nitrogens with zero attached hydrogens (tertiary/aromatic N) is 1. The summed E-state index contributed by atoms with van der Waals surface area (Å²) in [6, 6.07) is 10.0. The highest BCUT2D eigenvalue weighted by Gasteiger charge is 2.18. The van der Waals surface area contributed by atoms with Crippen LogP contribution >= 0.6 is 0 Å². The summed E-state index contributed by atoms with van der Waals surface area (Å²) >= 11 is 0. The normalized spacial score (nSPS) is 11.0. The first kappa shape index (κ1) is 16.1. The molecule has 1 heterocycles. The van der Waals surface area contributed by atoms with Crippen LogP contribution in [0.5, 0.6) is 5.75 Å². The molecule has 0 spiro atoms. The molecule has 2 aromatic carbocycles. The van der Waals surface area contributed by atoms with Gasteiger partial charge >= 0.3 is 5.97 Å². The van der Waals surface area contributed by atoms with Crippen LogP contribution in [-0.4, -0.2) is 22.8 Å². The minimum atomic E-state index is -0.868. The summed E-state index contributed by atoms with van der Waals surface area (Å²) in [6.45, 7) is 1.91. The zero-order chi connectivity index (χ0) is 17.4. The fourth-order valence-electron chi connectivity index (χ4n) is 3.06. The Labute approximate surface area is 139 Å². The van der Waals surface area contributed by atoms with E-state index in [1.54, 1.807) is 19.2 Å². The van der Waals surface area contributed by atoms with E-state index in [1.807, 2.05) is 30.7 Å². The van der Waals surface area contributed by atoms with Gasteiger partial charge < -0.3 is 14.4 Å². The van der Waals surface area contributed by atoms with Crippen LogP contribution in [0.2, 0.25) is 0 Å². The van der Waals surface area contributed by atoms with E-state index in [1.165, 1.54) is 12.1 Å². The number of halogens is 1. The van der Waals surface area contributed by atoms with E-state index >= 15 is 0 Å². The molecule has 0 saturated carbocycles. The van der Waals surface area contributed by atoms with E-state index in [-0.39, 0.29) is 12.2 Å². The molecule has 0 aliphatic heterocycles. The Hall–Kier alpha value is -2.82. The van der Waals surface area contributed by atoms with E-state index in [2.05, 4.69) is 0 Å². The number of carboxylic acid groups (broad SMARTS) is 1. The van der Waals surface area contributed by atoms with Gasteiger partial charge in [-0.1, -0.05) is 12.1 Å². The lowest BCUT2D eigenvalue weighted by Gasteiger charge is -2.10. The van der Waals surface area contributed by atoms with E-state index in [9.17, 15) is 9.18 Å². The van der Waals surface area contributed by atoms with Crippen molar-refractivity contribution in [1.82, 2.24) is 4.57 Å². The Morgan fingerprint density at radius 3 is 2.50 bits per heavy atom. The first-order valence-corrected chi connectivity index (χ1v) is 7.56. The molecule has 0 amide bonds. The summed E-state index contributed by atoms with van der Waals surface area (Å²) in [5.41, 5.74) is 4.29. The molecule has 0 unspecified atom stereocenters. The molecular formula is C19H18FNO3. The predicted molar refractivity (Wildman–Crippen MR) is 90.9 cm³/mol. The number of benzene rings is 2. The summed E-state index contributed by atoms with van der Waals surface area (Å²) in [5, 5.41) is 10.0. The molecule has 0 aliphatic rings. The Balaban J connectivity index is 2.27. The summed E-state index contributed by atoms with van der Waals surface area (Å²) < 4.78 is 20.7. The number of aromatic nitrogens is 1. The number of ether oxygens (including phenoxy) is 1. The highest BCUT2D eigenvalue weighted by Crippen LogP contribution is 2.37. The van der Waals surface area contributed by atoms with Crippen LogP contribution in [0.3, 0.4) is 0 Å². The Kier molecular flexibility index (Phi) is 4.01. The van der Waals surface area contributed by atoms with Crippen LogP contribution < -0.4 is 4.74 Å². The average Bonchev–Trinajstić information content (AvgIpc) is 2.78. The number of aryl methyl sites for hydroxylation is 1. The number of methoxy groups -OCH3 is 1. The molecule has 1 aromatic heterocycles. The van der Waals surface area contributed by atoms with Gasteiger partial charge in [0.25, 0.3) is 0 Å². The standard InChI is InChI=1S/C19H18FNO3/c1-11-14(10-19(22)23)16-9-18(24-3)15(8-17(16)21(11)2)12-4-6-13(20)7-5-12/h4-9H,10H2,1-3H3,(H,22,23). The number of carbonyl (C=O) groups is 1. The number of aliphatic carboxylic acids is 1. The number of hydrogen-bond donors (Lipinski definition) is 1. The van der Waals surface area contributed by atoms with Gasteiger partial charge in [-0.3, -0.25) is 4.79 Å². The lowest BCUT2D eigenvalue weighted by atomic mass is 10.0. The molecule has 3 aromatic rings. The van der Waals surface area contributed by atoms with Gasteiger partial charge in [0.15, 0.2) is 0 Å². The lowest BCUT2D eigenvalue weighted by molar-refractivity contribution is -0.136. The van der Waals surface area contributed by atoms with Gasteiger partial charge in [-0.25, -0.2) is 4.39 Å². The number of rotatable bonds is 4. The molecule has 0 fully saturated rings. The van der Waals surface area contributed by atoms with Crippen LogP contribution in [0.15, 0.2) is 36.4 Å². The smallest absolute Gasteiger partial charge is 0.307 e. The third kappa shape index (κ3) is 2.62. The second-order valence-electron chi connectivity index (χ2n) is 5.77. The van der Waals surface area contributed by atoms with Crippen molar-refractivity contribution < 1.29 is 19.0 Å². The monoisotopic (exact) mass is 327 g/mol. The maximum absolute atomic E-state index is 13.2. The summed E-state index contributed by atoms with van der Waals surface area (Å²) in [6.07, 6.45) is -0.0395. The van der Waals surface area contributed by atoms with Crippen molar-refractivity contribution in [3.63, 3.8) is 0 Å². The topological polar surface area (TPSA) is 51.5 Å². The SMILES string of the molecule is COc1cc2c(CC(=O)O)c(C)n(C)c2cc1-c1ccc(F)cc1. The van der Waals surface area contributed by atoms with Crippen LogP contribution in [0.1, 0.15) is 11.3 Å². The average molecular weight is 327 g/mol. The third-order valence-corrected chi connectivity index (χ3v) is 4.43. The highest BCUT2D eigenvalue weighted by molar-refractivity contribution is 5.94. The lowest BCUT2D eigenvalue weighted by Crippen LogP contribution is -2.01. The molecule has 4 nitrogen and oxygen atoms in total. The van der Waals surface area contributed by atoms with Crippen molar-refractivity contribution in [2.75, 3.05) is 7.11 Å². The molecule has 0 atom stereocenters. The molecule has 0 saturated heterocycles. The van der Waals surface area contributed by atoms with Gasteiger partial charge in [-0.2, -0.15) is 0 Å². The Morgan fingerprint density at radius 2 is 1.92 bits per heavy atom. The zero-order valence-electron chi connectivity index (χ0n) is 13.8. The van der Waals surface area contributed by atoms with Gasteiger partial charge in [0, 0.05) is 29.2 Å². The van der Waals surface area contributed by atoms with Crippen molar-refractivity contribution in [2.45, 2.75) is 13.3 Å². The Morgan fingerprint density at radius 1 is 1.25 bits per heavy atom. The maximum Gasteiger partial charge on any atom is 0.307 e. The first-order valence-electron chi connectivity index (χ1n) is 7.56. The molecule has 5 heteroatoms. The minimum Gasteiger partial charge on any atom is -0.496 e. The van der Waals surface area contributed by atoms with Crippen molar-refractivity contribution in [3.8, 4) is 16.9 Å². The highest BCUT2D eigenvalue weighted by atomic mass is 19.1. The number of hydrogen-bond acceptors (Lipinski definition) is 2. The van der Waals surface area contributed by atoms with Crippen molar-refractivity contribution in [1.29, 1.82) is 0 Å². The predicted octanol–water partition coefficient (Wildman–Crippen LogP) is 3.93. The molecule has 0 radical (unpaired) electrons. The van der Waals surface area contributed by atoms with Crippen molar-refractivity contribution in [3.05, 3.63) is 53.5 Å². The second-order valence-corrected chi connectivity index (χ2v) is 5.77. The van der Waals surface area contributed by atoms with Crippen molar-refractivity contribution >= 4 is 16.9 Å².